The van der Waals surface area contributed by atoms with Gasteiger partial charge in [-0.3, -0.25) is 0 Å². The Hall–Kier alpha value is -1.38. The molecule has 1 N–H and O–H groups in total. The lowest BCUT2D eigenvalue weighted by Gasteiger charge is -2.34. The van der Waals surface area contributed by atoms with Crippen molar-refractivity contribution in [2.45, 2.75) is 31.3 Å². The third kappa shape index (κ3) is 2.46. The van der Waals surface area contributed by atoms with Gasteiger partial charge in [0.2, 0.25) is 0 Å². The molecule has 0 aliphatic heterocycles. The second kappa shape index (κ2) is 5.19. The first kappa shape index (κ1) is 13.6. The number of hydrogen-bond acceptors (Lipinski definition) is 1. The van der Waals surface area contributed by atoms with E-state index in [0.717, 1.165) is 24.0 Å². The van der Waals surface area contributed by atoms with Gasteiger partial charge in [0.1, 0.15) is 5.82 Å². The minimum Gasteiger partial charge on any atom is -0.385 e. The molecule has 0 aromatic heterocycles. The van der Waals surface area contributed by atoms with E-state index in [0.29, 0.717) is 12.8 Å². The van der Waals surface area contributed by atoms with Crippen LogP contribution in [0.15, 0.2) is 42.5 Å². The summed E-state index contributed by atoms with van der Waals surface area (Å²) in [5.74, 6) is -0.433. The lowest BCUT2D eigenvalue weighted by molar-refractivity contribution is 0.0190. The molecule has 1 unspecified atom stereocenters. The van der Waals surface area contributed by atoms with Gasteiger partial charge in [0.25, 0.3) is 0 Å². The first-order valence-electron chi connectivity index (χ1n) is 6.83. The Balaban J connectivity index is 1.95. The fourth-order valence-corrected chi connectivity index (χ4v) is 3.19. The van der Waals surface area contributed by atoms with Gasteiger partial charge in [-0.2, -0.15) is 0 Å². The van der Waals surface area contributed by atoms with Gasteiger partial charge >= 0.3 is 0 Å². The van der Waals surface area contributed by atoms with Gasteiger partial charge in [0.15, 0.2) is 0 Å². The molecule has 1 aliphatic carbocycles. The monoisotopic (exact) mass is 290 g/mol. The smallest absolute Gasteiger partial charge is 0.142 e. The van der Waals surface area contributed by atoms with Crippen LogP contribution in [0.1, 0.15) is 29.5 Å². The van der Waals surface area contributed by atoms with Gasteiger partial charge in [-0.05, 0) is 48.1 Å². The van der Waals surface area contributed by atoms with Gasteiger partial charge in [0, 0.05) is 6.42 Å². The van der Waals surface area contributed by atoms with Crippen LogP contribution in [0.5, 0.6) is 0 Å². The first-order chi connectivity index (χ1) is 9.58. The van der Waals surface area contributed by atoms with Gasteiger partial charge < -0.3 is 5.11 Å². The SMILES string of the molecule is OC1(Cc2ccc(Cl)c(F)c2)CCCc2ccccc21. The van der Waals surface area contributed by atoms with Crippen molar-refractivity contribution < 1.29 is 9.50 Å². The maximum absolute atomic E-state index is 13.5. The number of rotatable bonds is 2. The number of hydrogen-bond donors (Lipinski definition) is 1. The highest BCUT2D eigenvalue weighted by Crippen LogP contribution is 2.38. The predicted molar refractivity (Wildman–Crippen MR) is 78.4 cm³/mol. The van der Waals surface area contributed by atoms with Crippen molar-refractivity contribution in [3.8, 4) is 0 Å². The molecular weight excluding hydrogens is 275 g/mol. The van der Waals surface area contributed by atoms with Crippen LogP contribution in [0.25, 0.3) is 0 Å². The molecule has 0 radical (unpaired) electrons. The van der Waals surface area contributed by atoms with Crippen molar-refractivity contribution in [3.63, 3.8) is 0 Å². The summed E-state index contributed by atoms with van der Waals surface area (Å²) in [6.07, 6.45) is 3.06. The molecule has 3 heteroatoms. The van der Waals surface area contributed by atoms with Crippen LogP contribution in [0.4, 0.5) is 4.39 Å². The second-order valence-electron chi connectivity index (χ2n) is 5.47. The van der Waals surface area contributed by atoms with Crippen LogP contribution in [-0.2, 0) is 18.4 Å². The zero-order valence-corrected chi connectivity index (χ0v) is 11.8. The van der Waals surface area contributed by atoms with E-state index in [1.807, 2.05) is 18.2 Å². The molecule has 1 aliphatic rings. The fourth-order valence-electron chi connectivity index (χ4n) is 3.07. The summed E-state index contributed by atoms with van der Waals surface area (Å²) in [5, 5.41) is 11.1. The van der Waals surface area contributed by atoms with Crippen LogP contribution < -0.4 is 0 Å². The van der Waals surface area contributed by atoms with Crippen LogP contribution in [-0.4, -0.2) is 5.11 Å². The zero-order valence-electron chi connectivity index (χ0n) is 11.1. The van der Waals surface area contributed by atoms with Crippen molar-refractivity contribution >= 4 is 11.6 Å². The van der Waals surface area contributed by atoms with Gasteiger partial charge in [-0.25, -0.2) is 4.39 Å². The Labute approximate surface area is 123 Å². The molecule has 104 valence electrons. The van der Waals surface area contributed by atoms with Crippen LogP contribution in [0.3, 0.4) is 0 Å². The topological polar surface area (TPSA) is 20.2 Å². The molecule has 3 rings (SSSR count). The highest BCUT2D eigenvalue weighted by molar-refractivity contribution is 6.30. The number of halogens is 2. The summed E-state index contributed by atoms with van der Waals surface area (Å²) in [7, 11) is 0. The molecule has 2 aromatic carbocycles. The third-order valence-corrected chi connectivity index (χ3v) is 4.34. The molecule has 1 atom stereocenters. The lowest BCUT2D eigenvalue weighted by atomic mass is 9.76. The average Bonchev–Trinajstić information content (AvgIpc) is 2.43. The molecule has 0 heterocycles. The van der Waals surface area contributed by atoms with Crippen molar-refractivity contribution in [3.05, 3.63) is 70.0 Å². The van der Waals surface area contributed by atoms with Gasteiger partial charge in [0.05, 0.1) is 10.6 Å². The largest absolute Gasteiger partial charge is 0.385 e. The molecular formula is C17H16ClFO. The van der Waals surface area contributed by atoms with Crippen LogP contribution in [0.2, 0.25) is 5.02 Å². The Morgan fingerprint density at radius 3 is 2.80 bits per heavy atom. The van der Waals surface area contributed by atoms with Crippen molar-refractivity contribution in [1.82, 2.24) is 0 Å². The second-order valence-corrected chi connectivity index (χ2v) is 5.87. The summed E-state index contributed by atoms with van der Waals surface area (Å²) >= 11 is 5.70. The molecule has 1 nitrogen and oxygen atoms in total. The van der Waals surface area contributed by atoms with Gasteiger partial charge in [-0.15, -0.1) is 0 Å². The Morgan fingerprint density at radius 2 is 2.00 bits per heavy atom. The van der Waals surface area contributed by atoms with E-state index in [1.165, 1.54) is 11.6 Å². The molecule has 0 amide bonds. The maximum Gasteiger partial charge on any atom is 0.142 e. The molecule has 2 aromatic rings. The quantitative estimate of drug-likeness (QED) is 0.877. The van der Waals surface area contributed by atoms with E-state index in [1.54, 1.807) is 12.1 Å². The summed E-state index contributed by atoms with van der Waals surface area (Å²) in [5.41, 5.74) is 2.03. The standard InChI is InChI=1S/C17H16ClFO/c18-15-8-7-12(10-16(15)19)11-17(20)9-3-5-13-4-1-2-6-14(13)17/h1-2,4,6-8,10,20H,3,5,9,11H2. The van der Waals surface area contributed by atoms with Crippen molar-refractivity contribution in [2.24, 2.45) is 0 Å². The van der Waals surface area contributed by atoms with E-state index >= 15 is 0 Å². The molecule has 0 saturated heterocycles. The predicted octanol–water partition coefficient (Wildman–Crippen LogP) is 4.25. The first-order valence-corrected chi connectivity index (χ1v) is 7.21. The van der Waals surface area contributed by atoms with Crippen LogP contribution >= 0.6 is 11.6 Å². The molecule has 0 spiro atoms. The molecule has 0 bridgehead atoms. The number of fused-ring (bicyclic) bond motifs is 1. The van der Waals surface area contributed by atoms with E-state index < -0.39 is 11.4 Å². The summed E-state index contributed by atoms with van der Waals surface area (Å²) in [4.78, 5) is 0. The molecule has 0 fully saturated rings. The lowest BCUT2D eigenvalue weighted by Crippen LogP contribution is -2.33. The van der Waals surface area contributed by atoms with E-state index in [2.05, 4.69) is 6.07 Å². The normalized spacial score (nSPS) is 21.6. The minimum atomic E-state index is -0.908. The number of benzene rings is 2. The minimum absolute atomic E-state index is 0.116. The molecule has 0 saturated carbocycles. The highest BCUT2D eigenvalue weighted by atomic mass is 35.5. The van der Waals surface area contributed by atoms with Crippen molar-refractivity contribution in [2.75, 3.05) is 0 Å². The van der Waals surface area contributed by atoms with Crippen molar-refractivity contribution in [1.29, 1.82) is 0 Å². The van der Waals surface area contributed by atoms with E-state index in [4.69, 9.17) is 11.6 Å². The Morgan fingerprint density at radius 1 is 1.20 bits per heavy atom. The number of aliphatic hydroxyl groups is 1. The van der Waals surface area contributed by atoms with E-state index in [-0.39, 0.29) is 5.02 Å². The summed E-state index contributed by atoms with van der Waals surface area (Å²) in [6, 6.07) is 12.7. The molecule has 20 heavy (non-hydrogen) atoms. The zero-order chi connectivity index (χ0) is 14.2. The highest BCUT2D eigenvalue weighted by Gasteiger charge is 2.34. The van der Waals surface area contributed by atoms with Gasteiger partial charge in [-0.1, -0.05) is 41.9 Å². The average molecular weight is 291 g/mol. The maximum atomic E-state index is 13.5. The Bertz CT molecular complexity index is 641. The van der Waals surface area contributed by atoms with Crippen LogP contribution in [0, 0.1) is 5.82 Å². The number of aryl methyl sites for hydroxylation is 1. The fraction of sp³-hybridized carbons (Fsp3) is 0.294. The summed E-state index contributed by atoms with van der Waals surface area (Å²) in [6.45, 7) is 0. The van der Waals surface area contributed by atoms with E-state index in [9.17, 15) is 9.50 Å². The Kier molecular flexibility index (Phi) is 3.53. The summed E-state index contributed by atoms with van der Waals surface area (Å²) < 4.78 is 13.5. The third-order valence-electron chi connectivity index (χ3n) is 4.04.